The molecular weight excluding hydrogens is 269 g/mol. The number of benzene rings is 1. The molecule has 1 amide bonds. The Morgan fingerprint density at radius 1 is 1.40 bits per heavy atom. The minimum Gasteiger partial charge on any atom is -0.330 e. The predicted octanol–water partition coefficient (Wildman–Crippen LogP) is 3.33. The maximum absolute atomic E-state index is 12.6. The molecular formula is C14H19F3N2O. The number of rotatable bonds is 5. The van der Waals surface area contributed by atoms with E-state index in [-0.39, 0.29) is 23.9 Å². The van der Waals surface area contributed by atoms with Gasteiger partial charge < -0.3 is 11.1 Å². The van der Waals surface area contributed by atoms with Crippen molar-refractivity contribution >= 4 is 11.6 Å². The molecule has 0 spiro atoms. The molecule has 0 radical (unpaired) electrons. The Balaban J connectivity index is 2.74. The van der Waals surface area contributed by atoms with Crippen LogP contribution >= 0.6 is 0 Å². The van der Waals surface area contributed by atoms with Crippen LogP contribution in [0, 0.1) is 12.8 Å². The number of aryl methyl sites for hydroxylation is 1. The number of nitrogens with two attached hydrogens (primary N) is 1. The van der Waals surface area contributed by atoms with E-state index in [1.165, 1.54) is 6.07 Å². The summed E-state index contributed by atoms with van der Waals surface area (Å²) >= 11 is 0. The van der Waals surface area contributed by atoms with E-state index in [2.05, 4.69) is 5.32 Å². The quantitative estimate of drug-likeness (QED) is 0.873. The molecule has 6 heteroatoms. The van der Waals surface area contributed by atoms with Gasteiger partial charge in [0.25, 0.3) is 0 Å². The van der Waals surface area contributed by atoms with Crippen LogP contribution in [0.15, 0.2) is 18.2 Å². The third-order valence-electron chi connectivity index (χ3n) is 3.11. The number of amides is 1. The van der Waals surface area contributed by atoms with Gasteiger partial charge in [0.05, 0.1) is 5.56 Å². The number of carbonyl (C=O) groups is 1. The first-order valence-corrected chi connectivity index (χ1v) is 6.41. The lowest BCUT2D eigenvalue weighted by Gasteiger charge is -2.13. The molecule has 1 unspecified atom stereocenters. The fourth-order valence-electron chi connectivity index (χ4n) is 1.64. The Bertz CT molecular complexity index is 472. The van der Waals surface area contributed by atoms with Gasteiger partial charge in [-0.05, 0) is 43.5 Å². The van der Waals surface area contributed by atoms with Gasteiger partial charge in [0.15, 0.2) is 0 Å². The van der Waals surface area contributed by atoms with Gasteiger partial charge in [0, 0.05) is 12.1 Å². The van der Waals surface area contributed by atoms with Crippen molar-refractivity contribution in [2.45, 2.75) is 32.9 Å². The Kier molecular flexibility index (Phi) is 5.56. The number of nitrogens with one attached hydrogen (secondary N) is 1. The van der Waals surface area contributed by atoms with Gasteiger partial charge in [0.1, 0.15) is 0 Å². The van der Waals surface area contributed by atoms with Crippen LogP contribution < -0.4 is 11.1 Å². The summed E-state index contributed by atoms with van der Waals surface area (Å²) in [7, 11) is 0. The second-order valence-corrected chi connectivity index (χ2v) is 4.96. The molecule has 1 rings (SSSR count). The van der Waals surface area contributed by atoms with Crippen molar-refractivity contribution in [3.8, 4) is 0 Å². The molecule has 112 valence electrons. The van der Waals surface area contributed by atoms with Crippen molar-refractivity contribution in [1.82, 2.24) is 0 Å². The van der Waals surface area contributed by atoms with Gasteiger partial charge in [-0.1, -0.05) is 13.0 Å². The summed E-state index contributed by atoms with van der Waals surface area (Å²) < 4.78 is 37.8. The molecule has 0 fully saturated rings. The normalized spacial score (nSPS) is 13.1. The topological polar surface area (TPSA) is 55.1 Å². The largest absolute Gasteiger partial charge is 0.416 e. The fourth-order valence-corrected chi connectivity index (χ4v) is 1.64. The molecule has 0 aliphatic carbocycles. The van der Waals surface area contributed by atoms with Crippen molar-refractivity contribution in [3.05, 3.63) is 29.3 Å². The van der Waals surface area contributed by atoms with E-state index in [9.17, 15) is 18.0 Å². The zero-order valence-corrected chi connectivity index (χ0v) is 11.6. The van der Waals surface area contributed by atoms with E-state index in [0.717, 1.165) is 12.1 Å². The van der Waals surface area contributed by atoms with Crippen LogP contribution in [0.25, 0.3) is 0 Å². The fraction of sp³-hybridized carbons (Fsp3) is 0.500. The van der Waals surface area contributed by atoms with Crippen LogP contribution in [0.1, 0.15) is 30.9 Å². The molecule has 0 aliphatic heterocycles. The van der Waals surface area contributed by atoms with E-state index in [1.54, 1.807) is 6.92 Å². The molecule has 3 nitrogen and oxygen atoms in total. The summed E-state index contributed by atoms with van der Waals surface area (Å²) in [5.74, 6) is -0.0870. The monoisotopic (exact) mass is 288 g/mol. The van der Waals surface area contributed by atoms with E-state index >= 15 is 0 Å². The molecule has 0 saturated carbocycles. The zero-order chi connectivity index (χ0) is 15.3. The number of anilines is 1. The first-order chi connectivity index (χ1) is 9.24. The molecule has 0 aromatic heterocycles. The van der Waals surface area contributed by atoms with Crippen molar-refractivity contribution in [3.63, 3.8) is 0 Å². The summed E-state index contributed by atoms with van der Waals surface area (Å²) in [6.07, 6.45) is -3.56. The molecule has 3 N–H and O–H groups in total. The van der Waals surface area contributed by atoms with Crippen LogP contribution in [0.4, 0.5) is 18.9 Å². The molecule has 0 heterocycles. The van der Waals surface area contributed by atoms with Gasteiger partial charge in [-0.2, -0.15) is 13.2 Å². The average molecular weight is 288 g/mol. The first kappa shape index (κ1) is 16.5. The number of halogens is 3. The molecule has 0 aliphatic rings. The molecule has 0 saturated heterocycles. The Morgan fingerprint density at radius 2 is 2.05 bits per heavy atom. The molecule has 1 atom stereocenters. The van der Waals surface area contributed by atoms with Crippen LogP contribution in [-0.2, 0) is 11.0 Å². The van der Waals surface area contributed by atoms with Crippen molar-refractivity contribution in [1.29, 1.82) is 0 Å². The minimum atomic E-state index is -4.42. The van der Waals surface area contributed by atoms with Gasteiger partial charge in [-0.25, -0.2) is 0 Å². The molecule has 1 aromatic carbocycles. The molecule has 1 aromatic rings. The van der Waals surface area contributed by atoms with Crippen LogP contribution in [0.2, 0.25) is 0 Å². The van der Waals surface area contributed by atoms with E-state index in [4.69, 9.17) is 5.73 Å². The smallest absolute Gasteiger partial charge is 0.330 e. The van der Waals surface area contributed by atoms with Crippen LogP contribution in [0.5, 0.6) is 0 Å². The highest BCUT2D eigenvalue weighted by Gasteiger charge is 2.30. The van der Waals surface area contributed by atoms with Crippen molar-refractivity contribution in [2.75, 3.05) is 11.9 Å². The molecule has 20 heavy (non-hydrogen) atoms. The Hall–Kier alpha value is -1.56. The molecule has 0 bridgehead atoms. The lowest BCUT2D eigenvalue weighted by Crippen LogP contribution is -2.17. The lowest BCUT2D eigenvalue weighted by molar-refractivity contribution is -0.137. The number of carbonyl (C=O) groups excluding carboxylic acids is 1. The maximum atomic E-state index is 12.6. The van der Waals surface area contributed by atoms with Crippen LogP contribution in [-0.4, -0.2) is 12.5 Å². The lowest BCUT2D eigenvalue weighted by atomic mass is 10.1. The Morgan fingerprint density at radius 3 is 2.60 bits per heavy atom. The van der Waals surface area contributed by atoms with Gasteiger partial charge in [0.2, 0.25) is 5.91 Å². The standard InChI is InChI=1S/C14H19F3N2O/c1-9(8-18)3-6-13(20)19-12-7-11(14(15,16)17)5-4-10(12)2/h4-5,7,9H,3,6,8,18H2,1-2H3,(H,19,20). The second kappa shape index (κ2) is 6.74. The van der Waals surface area contributed by atoms with E-state index in [1.807, 2.05) is 6.92 Å². The minimum absolute atomic E-state index is 0.199. The third kappa shape index (κ3) is 4.85. The first-order valence-electron chi connectivity index (χ1n) is 6.41. The van der Waals surface area contributed by atoms with Crippen molar-refractivity contribution < 1.29 is 18.0 Å². The van der Waals surface area contributed by atoms with Gasteiger partial charge in [-0.3, -0.25) is 4.79 Å². The highest BCUT2D eigenvalue weighted by molar-refractivity contribution is 5.91. The summed E-state index contributed by atoms with van der Waals surface area (Å²) in [6.45, 7) is 4.05. The number of hydrogen-bond donors (Lipinski definition) is 2. The number of alkyl halides is 3. The zero-order valence-electron chi connectivity index (χ0n) is 11.6. The van der Waals surface area contributed by atoms with Crippen LogP contribution in [0.3, 0.4) is 0 Å². The Labute approximate surface area is 116 Å². The summed E-state index contributed by atoms with van der Waals surface area (Å²) in [4.78, 5) is 11.7. The van der Waals surface area contributed by atoms with Gasteiger partial charge in [-0.15, -0.1) is 0 Å². The highest BCUT2D eigenvalue weighted by Crippen LogP contribution is 2.32. The SMILES string of the molecule is Cc1ccc(C(F)(F)F)cc1NC(=O)CCC(C)CN. The summed E-state index contributed by atoms with van der Waals surface area (Å²) in [5, 5.41) is 2.52. The second-order valence-electron chi connectivity index (χ2n) is 4.96. The van der Waals surface area contributed by atoms with E-state index < -0.39 is 11.7 Å². The van der Waals surface area contributed by atoms with Gasteiger partial charge >= 0.3 is 6.18 Å². The highest BCUT2D eigenvalue weighted by atomic mass is 19.4. The van der Waals surface area contributed by atoms with Crippen molar-refractivity contribution in [2.24, 2.45) is 11.7 Å². The predicted molar refractivity (Wildman–Crippen MR) is 72.3 cm³/mol. The maximum Gasteiger partial charge on any atom is 0.416 e. The number of hydrogen-bond acceptors (Lipinski definition) is 2. The third-order valence-corrected chi connectivity index (χ3v) is 3.11. The summed E-state index contributed by atoms with van der Waals surface area (Å²) in [6, 6.07) is 3.31. The summed E-state index contributed by atoms with van der Waals surface area (Å²) in [5.41, 5.74) is 5.47. The average Bonchev–Trinajstić information content (AvgIpc) is 2.37. The van der Waals surface area contributed by atoms with E-state index in [0.29, 0.717) is 18.5 Å².